The molecule has 0 aromatic carbocycles. The maximum absolute atomic E-state index is 12.7. The molecule has 4 aliphatic rings. The van der Waals surface area contributed by atoms with Gasteiger partial charge in [0.15, 0.2) is 5.03 Å². The van der Waals surface area contributed by atoms with Gasteiger partial charge in [-0.05, 0) is 124 Å². The summed E-state index contributed by atoms with van der Waals surface area (Å²) in [5.74, 6) is 2.35. The van der Waals surface area contributed by atoms with Crippen LogP contribution in [0.4, 0.5) is 4.79 Å². The van der Waals surface area contributed by atoms with Crippen molar-refractivity contribution in [3.8, 4) is 5.75 Å². The normalized spacial score (nSPS) is 39.3. The van der Waals surface area contributed by atoms with Crippen LogP contribution in [0.5, 0.6) is 5.75 Å². The Morgan fingerprint density at radius 1 is 1.05 bits per heavy atom. The van der Waals surface area contributed by atoms with Crippen molar-refractivity contribution in [2.45, 2.75) is 109 Å². The van der Waals surface area contributed by atoms with E-state index in [0.717, 1.165) is 51.4 Å². The first kappa shape index (κ1) is 30.5. The molecule has 0 saturated heterocycles. The van der Waals surface area contributed by atoms with E-state index in [0.29, 0.717) is 29.4 Å². The number of nitrogens with zero attached hydrogens (tertiary/aromatic N) is 1. The number of pyridine rings is 1. The number of nitrogens with one attached hydrogen (secondary N) is 1. The fourth-order valence-corrected chi connectivity index (χ4v) is 10.4. The number of carbonyl (C=O) groups is 1. The van der Waals surface area contributed by atoms with Crippen LogP contribution in [0.15, 0.2) is 23.4 Å². The molecular formula is C31H48N2O7S. The van der Waals surface area contributed by atoms with Gasteiger partial charge in [-0.3, -0.25) is 0 Å². The minimum atomic E-state index is -4.18. The molecule has 4 fully saturated rings. The zero-order valence-electron chi connectivity index (χ0n) is 25.1. The van der Waals surface area contributed by atoms with Crippen LogP contribution in [0.3, 0.4) is 0 Å². The standard InChI is InChI=1S/C31H48N2O7S/c1-18(2)40-22-6-9-27(32-16-22)41(37,38)33-29(36)39-17-19(3)23-7-8-24-28-25(11-13-31(23,24)5)30(4)12-10-21(34)14-20(30)15-26(28)35/h6,9,16,18-21,23-26,28,34-35H,7-8,10-15,17H2,1-5H3,(H,33,36)/t19-,20+,21+,23-,24+,25+,26-,28+,30+,31-/m1/s1. The lowest BCUT2D eigenvalue weighted by Crippen LogP contribution is -2.58. The van der Waals surface area contributed by atoms with E-state index < -0.39 is 16.1 Å². The number of aromatic nitrogens is 1. The average Bonchev–Trinajstić information content (AvgIpc) is 3.25. The third-order valence-corrected chi connectivity index (χ3v) is 12.7. The smallest absolute Gasteiger partial charge is 0.421 e. The molecule has 41 heavy (non-hydrogen) atoms. The number of aliphatic hydroxyl groups excluding tert-OH is 2. The Hall–Kier alpha value is -1.91. The lowest BCUT2D eigenvalue weighted by molar-refractivity contribution is -0.174. The number of amides is 1. The quantitative estimate of drug-likeness (QED) is 0.407. The topological polar surface area (TPSA) is 135 Å². The predicted molar refractivity (Wildman–Crippen MR) is 153 cm³/mol. The van der Waals surface area contributed by atoms with Crippen LogP contribution < -0.4 is 9.46 Å². The highest BCUT2D eigenvalue weighted by Crippen LogP contribution is 2.68. The van der Waals surface area contributed by atoms with Crippen molar-refractivity contribution in [1.82, 2.24) is 9.71 Å². The molecule has 0 bridgehead atoms. The van der Waals surface area contributed by atoms with Gasteiger partial charge in [-0.25, -0.2) is 14.5 Å². The van der Waals surface area contributed by atoms with Crippen molar-refractivity contribution in [2.24, 2.45) is 46.3 Å². The number of rotatable bonds is 7. The Labute approximate surface area is 244 Å². The Morgan fingerprint density at radius 3 is 2.44 bits per heavy atom. The largest absolute Gasteiger partial charge is 0.489 e. The fraction of sp³-hybridized carbons (Fsp3) is 0.806. The molecule has 1 heterocycles. The van der Waals surface area contributed by atoms with Crippen LogP contribution in [-0.2, 0) is 14.8 Å². The van der Waals surface area contributed by atoms with Crippen molar-refractivity contribution < 1.29 is 32.9 Å². The van der Waals surface area contributed by atoms with Crippen molar-refractivity contribution in [1.29, 1.82) is 0 Å². The third-order valence-electron chi connectivity index (χ3n) is 11.5. The minimum absolute atomic E-state index is 0.0363. The number of fused-ring (bicyclic) bond motifs is 5. The van der Waals surface area contributed by atoms with E-state index in [1.54, 1.807) is 0 Å². The molecule has 1 aromatic heterocycles. The van der Waals surface area contributed by atoms with Gasteiger partial charge in [-0.15, -0.1) is 0 Å². The molecule has 9 nitrogen and oxygen atoms in total. The van der Waals surface area contributed by atoms with E-state index in [9.17, 15) is 23.4 Å². The average molecular weight is 593 g/mol. The summed E-state index contributed by atoms with van der Waals surface area (Å²) >= 11 is 0. The molecule has 3 N–H and O–H groups in total. The molecule has 10 atom stereocenters. The number of carbonyl (C=O) groups excluding carboxylic acids is 1. The third kappa shape index (κ3) is 5.73. The summed E-state index contributed by atoms with van der Waals surface area (Å²) in [6.45, 7) is 10.7. The summed E-state index contributed by atoms with van der Waals surface area (Å²) in [6, 6.07) is 2.80. The highest BCUT2D eigenvalue weighted by atomic mass is 32.2. The summed E-state index contributed by atoms with van der Waals surface area (Å²) < 4.78 is 38.3. The highest BCUT2D eigenvalue weighted by molar-refractivity contribution is 7.90. The number of hydrogen-bond donors (Lipinski definition) is 3. The molecule has 230 valence electrons. The van der Waals surface area contributed by atoms with Crippen molar-refractivity contribution in [2.75, 3.05) is 6.61 Å². The van der Waals surface area contributed by atoms with E-state index in [-0.39, 0.29) is 52.6 Å². The van der Waals surface area contributed by atoms with E-state index in [4.69, 9.17) is 9.47 Å². The number of aliphatic hydroxyl groups is 2. The molecule has 0 unspecified atom stereocenters. The van der Waals surface area contributed by atoms with E-state index in [2.05, 4.69) is 25.8 Å². The SMILES string of the molecule is CC(C)Oc1ccc(S(=O)(=O)NC(=O)OC[C@@H](C)[C@H]2CC[C@H]3[C@@H]4[C@H](O)C[C@@H]5C[C@@H](O)CC[C@]5(C)[C@H]4CC[C@]23C)nc1. The van der Waals surface area contributed by atoms with Crippen molar-refractivity contribution >= 4 is 16.1 Å². The maximum atomic E-state index is 12.7. The van der Waals surface area contributed by atoms with Crippen LogP contribution in [0.25, 0.3) is 0 Å². The predicted octanol–water partition coefficient (Wildman–Crippen LogP) is 4.91. The Kier molecular flexibility index (Phi) is 8.42. The maximum Gasteiger partial charge on any atom is 0.421 e. The van der Waals surface area contributed by atoms with Gasteiger partial charge in [-0.2, -0.15) is 8.42 Å². The molecule has 1 aromatic rings. The molecule has 4 aliphatic carbocycles. The van der Waals surface area contributed by atoms with Crippen LogP contribution in [0.2, 0.25) is 0 Å². The second kappa shape index (κ2) is 11.3. The van der Waals surface area contributed by atoms with Gasteiger partial charge >= 0.3 is 6.09 Å². The van der Waals surface area contributed by atoms with Crippen molar-refractivity contribution in [3.05, 3.63) is 18.3 Å². The highest BCUT2D eigenvalue weighted by Gasteiger charge is 2.62. The fourth-order valence-electron chi connectivity index (χ4n) is 9.56. The minimum Gasteiger partial charge on any atom is -0.489 e. The first-order valence-electron chi connectivity index (χ1n) is 15.4. The zero-order valence-corrected chi connectivity index (χ0v) is 25.9. The van der Waals surface area contributed by atoms with Crippen LogP contribution >= 0.6 is 0 Å². The summed E-state index contributed by atoms with van der Waals surface area (Å²) in [5.41, 5.74) is 0.214. The van der Waals surface area contributed by atoms with Gasteiger partial charge in [0.25, 0.3) is 10.0 Å². The van der Waals surface area contributed by atoms with Gasteiger partial charge in [0.1, 0.15) is 5.75 Å². The summed E-state index contributed by atoms with van der Waals surface area (Å²) in [4.78, 5) is 16.5. The van der Waals surface area contributed by atoms with Crippen LogP contribution in [0, 0.1) is 46.3 Å². The molecule has 0 spiro atoms. The first-order valence-corrected chi connectivity index (χ1v) is 16.9. The van der Waals surface area contributed by atoms with Crippen LogP contribution in [0.1, 0.15) is 86.0 Å². The van der Waals surface area contributed by atoms with Gasteiger partial charge in [-0.1, -0.05) is 20.8 Å². The van der Waals surface area contributed by atoms with Crippen molar-refractivity contribution in [3.63, 3.8) is 0 Å². The van der Waals surface area contributed by atoms with Gasteiger partial charge in [0, 0.05) is 0 Å². The second-order valence-electron chi connectivity index (χ2n) is 14.1. The van der Waals surface area contributed by atoms with Gasteiger partial charge < -0.3 is 19.7 Å². The Morgan fingerprint density at radius 2 is 1.76 bits per heavy atom. The summed E-state index contributed by atoms with van der Waals surface area (Å²) in [7, 11) is -4.18. The lowest BCUT2D eigenvalue weighted by Gasteiger charge is -2.62. The molecule has 10 heteroatoms. The summed E-state index contributed by atoms with van der Waals surface area (Å²) in [5, 5.41) is 21.5. The van der Waals surface area contributed by atoms with Gasteiger partial charge in [0.2, 0.25) is 0 Å². The Bertz CT molecular complexity index is 1210. The Balaban J connectivity index is 1.20. The molecule has 1 amide bonds. The summed E-state index contributed by atoms with van der Waals surface area (Å²) in [6.07, 6.45) is 7.35. The van der Waals surface area contributed by atoms with Gasteiger partial charge in [0.05, 0.1) is 31.1 Å². The second-order valence-corrected chi connectivity index (χ2v) is 15.8. The van der Waals surface area contributed by atoms with E-state index >= 15 is 0 Å². The zero-order chi connectivity index (χ0) is 29.7. The van der Waals surface area contributed by atoms with E-state index in [1.165, 1.54) is 18.3 Å². The molecule has 0 aliphatic heterocycles. The van der Waals surface area contributed by atoms with Crippen LogP contribution in [-0.4, -0.2) is 54.6 Å². The molecular weight excluding hydrogens is 544 g/mol. The molecule has 0 radical (unpaired) electrons. The monoisotopic (exact) mass is 592 g/mol. The lowest BCUT2D eigenvalue weighted by atomic mass is 9.43. The molecule has 4 saturated carbocycles. The number of hydrogen-bond acceptors (Lipinski definition) is 8. The van der Waals surface area contributed by atoms with E-state index in [1.807, 2.05) is 18.6 Å². The number of sulfonamides is 1. The first-order chi connectivity index (χ1) is 19.2. The number of ether oxygens (including phenoxy) is 2. The molecule has 5 rings (SSSR count).